The zero-order valence-electron chi connectivity index (χ0n) is 12.5. The molecule has 6 heteroatoms. The quantitative estimate of drug-likeness (QED) is 0.943. The summed E-state index contributed by atoms with van der Waals surface area (Å²) in [7, 11) is 0. The van der Waals surface area contributed by atoms with Crippen LogP contribution in [0.3, 0.4) is 0 Å². The van der Waals surface area contributed by atoms with E-state index in [2.05, 4.69) is 5.10 Å². The third-order valence-electron chi connectivity index (χ3n) is 3.85. The molecule has 2 aromatic rings. The third-order valence-corrected chi connectivity index (χ3v) is 3.85. The number of carboxylic acid groups (broad SMARTS) is 1. The van der Waals surface area contributed by atoms with Crippen molar-refractivity contribution in [1.29, 1.82) is 0 Å². The number of carbonyl (C=O) groups is 2. The molecule has 0 fully saturated rings. The number of nitrogens with zero attached hydrogens (tertiary/aromatic N) is 3. The van der Waals surface area contributed by atoms with Crippen LogP contribution in [-0.4, -0.2) is 31.7 Å². The van der Waals surface area contributed by atoms with E-state index in [1.165, 1.54) is 10.9 Å². The van der Waals surface area contributed by atoms with E-state index in [0.717, 1.165) is 11.1 Å². The van der Waals surface area contributed by atoms with Crippen LogP contribution in [0.1, 0.15) is 51.9 Å². The van der Waals surface area contributed by atoms with Gasteiger partial charge in [-0.05, 0) is 25.0 Å². The molecule has 1 amide bonds. The van der Waals surface area contributed by atoms with Crippen molar-refractivity contribution >= 4 is 11.9 Å². The van der Waals surface area contributed by atoms with Gasteiger partial charge < -0.3 is 10.0 Å². The number of carboxylic acids is 1. The van der Waals surface area contributed by atoms with Gasteiger partial charge in [0.15, 0.2) is 0 Å². The van der Waals surface area contributed by atoms with Crippen LogP contribution in [0.25, 0.3) is 0 Å². The predicted octanol–water partition coefficient (Wildman–Crippen LogP) is 2.32. The third kappa shape index (κ3) is 2.26. The van der Waals surface area contributed by atoms with Crippen molar-refractivity contribution in [3.8, 4) is 0 Å². The van der Waals surface area contributed by atoms with Crippen molar-refractivity contribution in [3.63, 3.8) is 0 Å². The van der Waals surface area contributed by atoms with Crippen LogP contribution in [-0.2, 0) is 13.1 Å². The number of carbonyl (C=O) groups excluding carboxylic acids is 1. The Kier molecular flexibility index (Phi) is 3.44. The Bertz CT molecular complexity index is 724. The maximum Gasteiger partial charge on any atom is 0.339 e. The Balaban J connectivity index is 1.97. The molecule has 0 unspecified atom stereocenters. The Morgan fingerprint density at radius 3 is 2.27 bits per heavy atom. The van der Waals surface area contributed by atoms with Gasteiger partial charge in [-0.25, -0.2) is 4.79 Å². The highest BCUT2D eigenvalue weighted by molar-refractivity contribution is 6.03. The van der Waals surface area contributed by atoms with Crippen LogP contribution in [0.4, 0.5) is 0 Å². The molecule has 0 aliphatic carbocycles. The number of benzene rings is 1. The summed E-state index contributed by atoms with van der Waals surface area (Å²) in [6, 6.07) is 7.76. The number of amides is 1. The van der Waals surface area contributed by atoms with Crippen LogP contribution in [0.2, 0.25) is 0 Å². The molecule has 1 aliphatic rings. The van der Waals surface area contributed by atoms with Crippen LogP contribution in [0, 0.1) is 0 Å². The lowest BCUT2D eigenvalue weighted by atomic mass is 10.1. The van der Waals surface area contributed by atoms with Crippen molar-refractivity contribution in [2.75, 3.05) is 0 Å². The van der Waals surface area contributed by atoms with Gasteiger partial charge in [-0.15, -0.1) is 0 Å². The molecule has 3 rings (SSSR count). The largest absolute Gasteiger partial charge is 0.478 e. The van der Waals surface area contributed by atoms with Crippen molar-refractivity contribution in [3.05, 3.63) is 52.8 Å². The zero-order chi connectivity index (χ0) is 15.9. The molecule has 1 N–H and O–H groups in total. The summed E-state index contributed by atoms with van der Waals surface area (Å²) in [4.78, 5) is 25.9. The lowest BCUT2D eigenvalue weighted by molar-refractivity contribution is 0.0669. The van der Waals surface area contributed by atoms with Crippen molar-refractivity contribution < 1.29 is 14.7 Å². The summed E-state index contributed by atoms with van der Waals surface area (Å²) in [5.41, 5.74) is 2.30. The molecule has 0 spiro atoms. The van der Waals surface area contributed by atoms with E-state index < -0.39 is 5.97 Å². The van der Waals surface area contributed by atoms with Gasteiger partial charge in [0.05, 0.1) is 6.20 Å². The SMILES string of the molecule is CC(C)n1ncc(C(=O)O)c1C(=O)N1Cc2ccccc2C1. The summed E-state index contributed by atoms with van der Waals surface area (Å²) in [6.45, 7) is 4.73. The fourth-order valence-corrected chi connectivity index (χ4v) is 2.75. The van der Waals surface area contributed by atoms with Gasteiger partial charge in [-0.3, -0.25) is 9.48 Å². The van der Waals surface area contributed by atoms with Gasteiger partial charge in [-0.1, -0.05) is 24.3 Å². The molecular formula is C16H17N3O3. The number of hydrogen-bond donors (Lipinski definition) is 1. The molecule has 1 aromatic carbocycles. The first-order chi connectivity index (χ1) is 10.5. The number of hydrogen-bond acceptors (Lipinski definition) is 3. The van der Waals surface area contributed by atoms with Gasteiger partial charge in [0, 0.05) is 19.1 Å². The molecule has 0 radical (unpaired) electrons. The fraction of sp³-hybridized carbons (Fsp3) is 0.312. The van der Waals surface area contributed by atoms with Crippen LogP contribution < -0.4 is 0 Å². The lowest BCUT2D eigenvalue weighted by Crippen LogP contribution is -2.30. The highest BCUT2D eigenvalue weighted by Gasteiger charge is 2.31. The van der Waals surface area contributed by atoms with Gasteiger partial charge in [-0.2, -0.15) is 5.10 Å². The Morgan fingerprint density at radius 2 is 1.77 bits per heavy atom. The van der Waals surface area contributed by atoms with E-state index in [-0.39, 0.29) is 23.2 Å². The fourth-order valence-electron chi connectivity index (χ4n) is 2.75. The second kappa shape index (κ2) is 5.29. The maximum absolute atomic E-state index is 12.8. The number of aromatic nitrogens is 2. The first kappa shape index (κ1) is 14.3. The van der Waals surface area contributed by atoms with Crippen molar-refractivity contribution in [2.45, 2.75) is 33.0 Å². The zero-order valence-corrected chi connectivity index (χ0v) is 12.5. The van der Waals surface area contributed by atoms with E-state index in [9.17, 15) is 14.7 Å². The maximum atomic E-state index is 12.8. The smallest absolute Gasteiger partial charge is 0.339 e. The molecule has 2 heterocycles. The molecule has 1 aliphatic heterocycles. The van der Waals surface area contributed by atoms with Gasteiger partial charge in [0.2, 0.25) is 0 Å². The first-order valence-corrected chi connectivity index (χ1v) is 7.16. The standard InChI is InChI=1S/C16H17N3O3/c1-10(2)19-14(13(7-17-19)16(21)22)15(20)18-8-11-5-3-4-6-12(11)9-18/h3-7,10H,8-9H2,1-2H3,(H,21,22). The van der Waals surface area contributed by atoms with E-state index in [0.29, 0.717) is 13.1 Å². The summed E-state index contributed by atoms with van der Waals surface area (Å²) < 4.78 is 1.48. The van der Waals surface area contributed by atoms with E-state index in [1.807, 2.05) is 38.1 Å². The number of fused-ring (bicyclic) bond motifs is 1. The molecule has 0 saturated carbocycles. The Hall–Kier alpha value is -2.63. The van der Waals surface area contributed by atoms with E-state index in [4.69, 9.17) is 0 Å². The summed E-state index contributed by atoms with van der Waals surface area (Å²) >= 11 is 0. The van der Waals surface area contributed by atoms with E-state index in [1.54, 1.807) is 4.90 Å². The molecule has 0 bridgehead atoms. The lowest BCUT2D eigenvalue weighted by Gasteiger charge is -2.18. The first-order valence-electron chi connectivity index (χ1n) is 7.16. The Morgan fingerprint density at radius 1 is 1.18 bits per heavy atom. The average molecular weight is 299 g/mol. The molecular weight excluding hydrogens is 282 g/mol. The van der Waals surface area contributed by atoms with Gasteiger partial charge in [0.1, 0.15) is 11.3 Å². The minimum atomic E-state index is -1.13. The van der Waals surface area contributed by atoms with Crippen LogP contribution >= 0.6 is 0 Å². The summed E-state index contributed by atoms with van der Waals surface area (Å²) in [6.07, 6.45) is 1.25. The van der Waals surface area contributed by atoms with Crippen molar-refractivity contribution in [1.82, 2.24) is 14.7 Å². The van der Waals surface area contributed by atoms with Crippen LogP contribution in [0.15, 0.2) is 30.5 Å². The second-order valence-electron chi connectivity index (χ2n) is 5.68. The van der Waals surface area contributed by atoms with Crippen LogP contribution in [0.5, 0.6) is 0 Å². The van der Waals surface area contributed by atoms with Gasteiger partial charge in [0.25, 0.3) is 5.91 Å². The number of aromatic carboxylic acids is 1. The monoisotopic (exact) mass is 299 g/mol. The predicted molar refractivity (Wildman–Crippen MR) is 79.6 cm³/mol. The molecule has 0 saturated heterocycles. The average Bonchev–Trinajstić information content (AvgIpc) is 3.10. The molecule has 114 valence electrons. The minimum Gasteiger partial charge on any atom is -0.478 e. The van der Waals surface area contributed by atoms with E-state index >= 15 is 0 Å². The highest BCUT2D eigenvalue weighted by Crippen LogP contribution is 2.25. The summed E-state index contributed by atoms with van der Waals surface area (Å²) in [5, 5.41) is 13.4. The number of rotatable bonds is 3. The molecule has 0 atom stereocenters. The molecule has 22 heavy (non-hydrogen) atoms. The molecule has 1 aromatic heterocycles. The Labute approximate surface area is 128 Å². The summed E-state index contributed by atoms with van der Waals surface area (Å²) in [5.74, 6) is -1.42. The highest BCUT2D eigenvalue weighted by atomic mass is 16.4. The molecule has 6 nitrogen and oxygen atoms in total. The second-order valence-corrected chi connectivity index (χ2v) is 5.68. The van der Waals surface area contributed by atoms with Gasteiger partial charge >= 0.3 is 5.97 Å². The topological polar surface area (TPSA) is 75.4 Å². The normalized spacial score (nSPS) is 13.5. The minimum absolute atomic E-state index is 0.0466. The van der Waals surface area contributed by atoms with Crippen molar-refractivity contribution in [2.24, 2.45) is 0 Å².